The van der Waals surface area contributed by atoms with Crippen molar-refractivity contribution in [3.63, 3.8) is 0 Å². The zero-order valence-electron chi connectivity index (χ0n) is 13.0. The minimum Gasteiger partial charge on any atom is -0.375 e. The number of nitrogen functional groups attached to an aromatic ring is 1. The number of rotatable bonds is 7. The summed E-state index contributed by atoms with van der Waals surface area (Å²) in [4.78, 5) is 19.5. The Morgan fingerprint density at radius 2 is 2.18 bits per heavy atom. The van der Waals surface area contributed by atoms with Crippen LogP contribution in [-0.4, -0.2) is 28.9 Å². The van der Waals surface area contributed by atoms with Gasteiger partial charge in [0.15, 0.2) is 5.13 Å². The highest BCUT2D eigenvalue weighted by Gasteiger charge is 2.13. The molecule has 0 fully saturated rings. The van der Waals surface area contributed by atoms with E-state index in [0.717, 1.165) is 29.1 Å². The number of aromatic nitrogens is 1. The summed E-state index contributed by atoms with van der Waals surface area (Å²) < 4.78 is 0. The molecule has 1 aromatic carbocycles. The average molecular weight is 318 g/mol. The van der Waals surface area contributed by atoms with Crippen molar-refractivity contribution in [1.82, 2.24) is 9.88 Å². The Hall–Kier alpha value is -1.92. The summed E-state index contributed by atoms with van der Waals surface area (Å²) >= 11 is 1.47. The molecule has 2 rings (SSSR count). The largest absolute Gasteiger partial charge is 0.375 e. The Morgan fingerprint density at radius 1 is 1.41 bits per heavy atom. The molecule has 22 heavy (non-hydrogen) atoms. The predicted octanol–water partition coefficient (Wildman–Crippen LogP) is 2.88. The second-order valence-corrected chi connectivity index (χ2v) is 6.39. The third kappa shape index (κ3) is 4.82. The third-order valence-electron chi connectivity index (χ3n) is 3.28. The number of carbonyl (C=O) groups excluding carboxylic acids is 1. The van der Waals surface area contributed by atoms with Crippen molar-refractivity contribution in [3.05, 3.63) is 40.9 Å². The molecule has 0 unspecified atom stereocenters. The molecule has 1 heterocycles. The summed E-state index contributed by atoms with van der Waals surface area (Å²) in [6.45, 7) is 6.01. The van der Waals surface area contributed by atoms with Gasteiger partial charge in [-0.15, -0.1) is 11.3 Å². The zero-order valence-corrected chi connectivity index (χ0v) is 13.8. The van der Waals surface area contributed by atoms with Gasteiger partial charge in [0.1, 0.15) is 0 Å². The molecule has 0 aliphatic carbocycles. The number of para-hydroxylation sites is 1. The minimum atomic E-state index is 0.000220. The summed E-state index contributed by atoms with van der Waals surface area (Å²) in [5.74, 6) is 0.000220. The molecule has 0 saturated carbocycles. The second kappa shape index (κ2) is 7.91. The molecule has 118 valence electrons. The van der Waals surface area contributed by atoms with E-state index in [1.807, 2.05) is 31.2 Å². The van der Waals surface area contributed by atoms with Crippen molar-refractivity contribution in [2.24, 2.45) is 0 Å². The van der Waals surface area contributed by atoms with Gasteiger partial charge < -0.3 is 11.1 Å². The maximum Gasteiger partial charge on any atom is 0.238 e. The number of amides is 1. The van der Waals surface area contributed by atoms with Crippen LogP contribution in [0, 0.1) is 6.92 Å². The van der Waals surface area contributed by atoms with Crippen LogP contribution in [0.15, 0.2) is 30.5 Å². The van der Waals surface area contributed by atoms with E-state index < -0.39 is 0 Å². The first-order valence-electron chi connectivity index (χ1n) is 7.36. The maximum absolute atomic E-state index is 12.3. The first kappa shape index (κ1) is 16.5. The van der Waals surface area contributed by atoms with Gasteiger partial charge in [-0.25, -0.2) is 4.98 Å². The normalized spacial score (nSPS) is 10.9. The van der Waals surface area contributed by atoms with E-state index in [1.165, 1.54) is 11.3 Å². The topological polar surface area (TPSA) is 71.2 Å². The van der Waals surface area contributed by atoms with Crippen LogP contribution in [0.4, 0.5) is 10.8 Å². The summed E-state index contributed by atoms with van der Waals surface area (Å²) in [5, 5.41) is 3.54. The van der Waals surface area contributed by atoms with E-state index in [1.54, 1.807) is 6.20 Å². The highest BCUT2D eigenvalue weighted by atomic mass is 32.1. The van der Waals surface area contributed by atoms with E-state index in [4.69, 9.17) is 5.73 Å². The Kier molecular flexibility index (Phi) is 5.91. The molecule has 0 saturated heterocycles. The summed E-state index contributed by atoms with van der Waals surface area (Å²) in [7, 11) is 0. The Morgan fingerprint density at radius 3 is 2.82 bits per heavy atom. The molecule has 0 spiro atoms. The first-order chi connectivity index (χ1) is 10.6. The van der Waals surface area contributed by atoms with Crippen LogP contribution >= 0.6 is 11.3 Å². The molecule has 5 nitrogen and oxygen atoms in total. The number of hydrogen-bond donors (Lipinski definition) is 2. The van der Waals surface area contributed by atoms with Gasteiger partial charge in [-0.3, -0.25) is 9.69 Å². The van der Waals surface area contributed by atoms with Crippen LogP contribution in [0.3, 0.4) is 0 Å². The van der Waals surface area contributed by atoms with Crippen molar-refractivity contribution >= 4 is 28.1 Å². The SMILES string of the molecule is CCCN(CC(=O)Nc1ccccc1C)Cc1cnc(N)s1. The minimum absolute atomic E-state index is 0.000220. The van der Waals surface area contributed by atoms with Gasteiger partial charge in [0.05, 0.1) is 6.54 Å². The quantitative estimate of drug-likeness (QED) is 0.823. The van der Waals surface area contributed by atoms with E-state index >= 15 is 0 Å². The lowest BCUT2D eigenvalue weighted by Gasteiger charge is -2.20. The van der Waals surface area contributed by atoms with E-state index in [0.29, 0.717) is 18.2 Å². The average Bonchev–Trinajstić information content (AvgIpc) is 2.87. The second-order valence-electron chi connectivity index (χ2n) is 5.24. The molecule has 0 aliphatic heterocycles. The summed E-state index contributed by atoms with van der Waals surface area (Å²) in [6, 6.07) is 7.79. The predicted molar refractivity (Wildman–Crippen MR) is 91.9 cm³/mol. The van der Waals surface area contributed by atoms with Crippen LogP contribution < -0.4 is 11.1 Å². The molecule has 2 aromatic rings. The van der Waals surface area contributed by atoms with E-state index in [2.05, 4.69) is 22.1 Å². The molecule has 0 bridgehead atoms. The number of benzene rings is 1. The first-order valence-corrected chi connectivity index (χ1v) is 8.18. The Labute approximate surface area is 135 Å². The monoisotopic (exact) mass is 318 g/mol. The fourth-order valence-corrected chi connectivity index (χ4v) is 2.98. The number of aryl methyl sites for hydroxylation is 1. The van der Waals surface area contributed by atoms with Gasteiger partial charge in [-0.1, -0.05) is 25.1 Å². The third-order valence-corrected chi connectivity index (χ3v) is 4.09. The molecule has 3 N–H and O–H groups in total. The fourth-order valence-electron chi connectivity index (χ4n) is 2.25. The molecular weight excluding hydrogens is 296 g/mol. The number of carbonyl (C=O) groups is 1. The highest BCUT2D eigenvalue weighted by molar-refractivity contribution is 7.15. The van der Waals surface area contributed by atoms with Crippen LogP contribution in [0.2, 0.25) is 0 Å². The highest BCUT2D eigenvalue weighted by Crippen LogP contribution is 2.17. The van der Waals surface area contributed by atoms with Crippen LogP contribution in [-0.2, 0) is 11.3 Å². The van der Waals surface area contributed by atoms with Crippen molar-refractivity contribution in [1.29, 1.82) is 0 Å². The number of hydrogen-bond acceptors (Lipinski definition) is 5. The van der Waals surface area contributed by atoms with Crippen molar-refractivity contribution in [3.8, 4) is 0 Å². The molecule has 1 amide bonds. The van der Waals surface area contributed by atoms with Crippen molar-refractivity contribution < 1.29 is 4.79 Å². The molecular formula is C16H22N4OS. The number of nitrogens with zero attached hydrogens (tertiary/aromatic N) is 2. The molecule has 0 aliphatic rings. The number of thiazole rings is 1. The van der Waals surface area contributed by atoms with E-state index in [-0.39, 0.29) is 5.91 Å². The number of anilines is 2. The Bertz CT molecular complexity index is 626. The molecule has 1 aromatic heterocycles. The van der Waals surface area contributed by atoms with Crippen LogP contribution in [0.1, 0.15) is 23.8 Å². The standard InChI is InChI=1S/C16H22N4OS/c1-3-8-20(10-13-9-18-16(17)22-13)11-15(21)19-14-7-5-4-6-12(14)2/h4-7,9H,3,8,10-11H2,1-2H3,(H2,17,18)(H,19,21). The summed E-state index contributed by atoms with van der Waals surface area (Å²) in [6.07, 6.45) is 2.77. The van der Waals surface area contributed by atoms with Crippen LogP contribution in [0.25, 0.3) is 0 Å². The van der Waals surface area contributed by atoms with Gasteiger partial charge in [-0.05, 0) is 31.5 Å². The lowest BCUT2D eigenvalue weighted by Crippen LogP contribution is -2.33. The zero-order chi connectivity index (χ0) is 15.9. The number of nitrogens with one attached hydrogen (secondary N) is 1. The number of nitrogens with two attached hydrogens (primary N) is 1. The van der Waals surface area contributed by atoms with Gasteiger partial charge in [-0.2, -0.15) is 0 Å². The van der Waals surface area contributed by atoms with Gasteiger partial charge in [0.2, 0.25) is 5.91 Å². The maximum atomic E-state index is 12.3. The smallest absolute Gasteiger partial charge is 0.238 e. The lowest BCUT2D eigenvalue weighted by molar-refractivity contribution is -0.117. The van der Waals surface area contributed by atoms with Crippen molar-refractivity contribution in [2.45, 2.75) is 26.8 Å². The van der Waals surface area contributed by atoms with Gasteiger partial charge in [0.25, 0.3) is 0 Å². The van der Waals surface area contributed by atoms with Crippen molar-refractivity contribution in [2.75, 3.05) is 24.1 Å². The molecule has 6 heteroatoms. The molecule has 0 atom stereocenters. The lowest BCUT2D eigenvalue weighted by atomic mass is 10.2. The van der Waals surface area contributed by atoms with Crippen LogP contribution in [0.5, 0.6) is 0 Å². The van der Waals surface area contributed by atoms with E-state index in [9.17, 15) is 4.79 Å². The summed E-state index contributed by atoms with van der Waals surface area (Å²) in [5.41, 5.74) is 7.59. The Balaban J connectivity index is 1.95. The van der Waals surface area contributed by atoms with Gasteiger partial charge in [0, 0.05) is 23.3 Å². The molecule has 0 radical (unpaired) electrons. The van der Waals surface area contributed by atoms with Gasteiger partial charge >= 0.3 is 0 Å². The fraction of sp³-hybridized carbons (Fsp3) is 0.375.